The zero-order valence-corrected chi connectivity index (χ0v) is 11.5. The molecule has 21 heavy (non-hydrogen) atoms. The largest absolute Gasteiger partial charge is 0.480 e. The summed E-state index contributed by atoms with van der Waals surface area (Å²) in [5.74, 6) is -2.00. The highest BCUT2D eigenvalue weighted by atomic mass is 19.1. The highest BCUT2D eigenvalue weighted by molar-refractivity contribution is 6.02. The number of carbonyl (C=O) groups is 2. The molecule has 7 heteroatoms. The van der Waals surface area contributed by atoms with E-state index in [1.54, 1.807) is 19.1 Å². The Bertz CT molecular complexity index is 697. The first kappa shape index (κ1) is 14.7. The number of aliphatic carboxylic acids is 1. The van der Waals surface area contributed by atoms with Crippen molar-refractivity contribution in [1.82, 2.24) is 9.78 Å². The van der Waals surface area contributed by atoms with Crippen molar-refractivity contribution in [2.45, 2.75) is 19.9 Å². The SMILES string of the molecule is Cc1ccc(NC(=O)c2ccn(C(C)C(=O)O)n2)cc1F. The standard InChI is InChI=1S/C14H14FN3O3/c1-8-3-4-10(7-11(8)15)16-13(19)12-5-6-18(17-12)9(2)14(20)21/h3-7,9H,1-2H3,(H,16,19)(H,20,21). The van der Waals surface area contributed by atoms with Crippen LogP contribution in [0.15, 0.2) is 30.5 Å². The second-order valence-corrected chi connectivity index (χ2v) is 4.61. The number of aromatic nitrogens is 2. The monoisotopic (exact) mass is 291 g/mol. The van der Waals surface area contributed by atoms with Gasteiger partial charge in [0.25, 0.3) is 5.91 Å². The molecule has 110 valence electrons. The van der Waals surface area contributed by atoms with E-state index in [0.717, 1.165) is 0 Å². The Morgan fingerprint density at radius 1 is 1.38 bits per heavy atom. The Balaban J connectivity index is 2.13. The number of hydrogen-bond donors (Lipinski definition) is 2. The molecular weight excluding hydrogens is 277 g/mol. The number of anilines is 1. The fourth-order valence-corrected chi connectivity index (χ4v) is 1.65. The maximum Gasteiger partial charge on any atom is 0.328 e. The van der Waals surface area contributed by atoms with Gasteiger partial charge in [-0.25, -0.2) is 9.18 Å². The lowest BCUT2D eigenvalue weighted by Gasteiger charge is -2.06. The summed E-state index contributed by atoms with van der Waals surface area (Å²) in [5, 5.41) is 15.3. The molecule has 0 aliphatic rings. The fourth-order valence-electron chi connectivity index (χ4n) is 1.65. The van der Waals surface area contributed by atoms with Gasteiger partial charge in [-0.1, -0.05) is 6.07 Å². The molecule has 0 saturated carbocycles. The molecule has 2 rings (SSSR count). The van der Waals surface area contributed by atoms with Gasteiger partial charge in [-0.3, -0.25) is 9.48 Å². The zero-order valence-electron chi connectivity index (χ0n) is 11.5. The van der Waals surface area contributed by atoms with Gasteiger partial charge in [-0.15, -0.1) is 0 Å². The molecule has 6 nitrogen and oxygen atoms in total. The first-order chi connectivity index (χ1) is 9.88. The summed E-state index contributed by atoms with van der Waals surface area (Å²) < 4.78 is 14.6. The normalized spacial score (nSPS) is 12.0. The van der Waals surface area contributed by atoms with Crippen LogP contribution in [0, 0.1) is 12.7 Å². The third-order valence-electron chi connectivity index (χ3n) is 3.02. The average Bonchev–Trinajstić information content (AvgIpc) is 2.91. The van der Waals surface area contributed by atoms with Gasteiger partial charge in [0.1, 0.15) is 11.9 Å². The van der Waals surface area contributed by atoms with Crippen LogP contribution in [0.4, 0.5) is 10.1 Å². The lowest BCUT2D eigenvalue weighted by molar-refractivity contribution is -0.140. The van der Waals surface area contributed by atoms with Gasteiger partial charge in [-0.05, 0) is 37.6 Å². The van der Waals surface area contributed by atoms with Crippen molar-refractivity contribution >= 4 is 17.6 Å². The number of rotatable bonds is 4. The Labute approximate surface area is 120 Å². The number of carboxylic acids is 1. The molecule has 1 heterocycles. The van der Waals surface area contributed by atoms with E-state index in [4.69, 9.17) is 5.11 Å². The summed E-state index contributed by atoms with van der Waals surface area (Å²) in [6, 6.07) is 4.87. The summed E-state index contributed by atoms with van der Waals surface area (Å²) >= 11 is 0. The highest BCUT2D eigenvalue weighted by Crippen LogP contribution is 2.14. The van der Waals surface area contributed by atoms with Crippen molar-refractivity contribution in [3.05, 3.63) is 47.5 Å². The predicted molar refractivity (Wildman–Crippen MR) is 73.7 cm³/mol. The molecule has 0 saturated heterocycles. The van der Waals surface area contributed by atoms with E-state index in [0.29, 0.717) is 11.3 Å². The summed E-state index contributed by atoms with van der Waals surface area (Å²) in [6.45, 7) is 3.07. The van der Waals surface area contributed by atoms with Crippen molar-refractivity contribution in [2.75, 3.05) is 5.32 Å². The average molecular weight is 291 g/mol. The van der Waals surface area contributed by atoms with Gasteiger partial charge in [0, 0.05) is 11.9 Å². The third kappa shape index (κ3) is 3.25. The Kier molecular flexibility index (Phi) is 4.02. The molecule has 1 aromatic carbocycles. The highest BCUT2D eigenvalue weighted by Gasteiger charge is 2.17. The zero-order chi connectivity index (χ0) is 15.6. The number of nitrogens with one attached hydrogen (secondary N) is 1. The van der Waals surface area contributed by atoms with Gasteiger partial charge in [0.2, 0.25) is 0 Å². The number of benzene rings is 1. The molecule has 2 aromatic rings. The second kappa shape index (κ2) is 5.74. The van der Waals surface area contributed by atoms with E-state index in [-0.39, 0.29) is 5.69 Å². The minimum absolute atomic E-state index is 0.0593. The molecule has 0 fully saturated rings. The number of aryl methyl sites for hydroxylation is 1. The van der Waals surface area contributed by atoms with Gasteiger partial charge in [0.15, 0.2) is 5.69 Å². The Hall–Kier alpha value is -2.70. The summed E-state index contributed by atoms with van der Waals surface area (Å²) in [6.07, 6.45) is 1.41. The van der Waals surface area contributed by atoms with Crippen molar-refractivity contribution in [2.24, 2.45) is 0 Å². The predicted octanol–water partition coefficient (Wildman–Crippen LogP) is 2.23. The molecule has 1 atom stereocenters. The van der Waals surface area contributed by atoms with Crippen molar-refractivity contribution in [1.29, 1.82) is 0 Å². The minimum atomic E-state index is -1.05. The minimum Gasteiger partial charge on any atom is -0.480 e. The van der Waals surface area contributed by atoms with Gasteiger partial charge < -0.3 is 10.4 Å². The van der Waals surface area contributed by atoms with Crippen molar-refractivity contribution in [3.63, 3.8) is 0 Å². The molecule has 1 aromatic heterocycles. The molecule has 0 bridgehead atoms. The molecule has 1 amide bonds. The van der Waals surface area contributed by atoms with Crippen LogP contribution in [0.25, 0.3) is 0 Å². The maximum absolute atomic E-state index is 13.4. The Morgan fingerprint density at radius 3 is 2.71 bits per heavy atom. The van der Waals surface area contributed by atoms with Crippen LogP contribution in [0.2, 0.25) is 0 Å². The fraction of sp³-hybridized carbons (Fsp3) is 0.214. The van der Waals surface area contributed by atoms with Crippen LogP contribution in [0.1, 0.15) is 29.0 Å². The lowest BCUT2D eigenvalue weighted by atomic mass is 10.2. The van der Waals surface area contributed by atoms with Gasteiger partial charge in [-0.2, -0.15) is 5.10 Å². The van der Waals surface area contributed by atoms with E-state index in [1.807, 2.05) is 0 Å². The van der Waals surface area contributed by atoms with E-state index < -0.39 is 23.7 Å². The van der Waals surface area contributed by atoms with E-state index in [9.17, 15) is 14.0 Å². The van der Waals surface area contributed by atoms with E-state index >= 15 is 0 Å². The number of halogens is 1. The summed E-state index contributed by atoms with van der Waals surface area (Å²) in [7, 11) is 0. The number of nitrogens with zero attached hydrogens (tertiary/aromatic N) is 2. The molecule has 0 aliphatic carbocycles. The van der Waals surface area contributed by atoms with Gasteiger partial charge >= 0.3 is 5.97 Å². The third-order valence-corrected chi connectivity index (χ3v) is 3.02. The lowest BCUT2D eigenvalue weighted by Crippen LogP contribution is -2.18. The van der Waals surface area contributed by atoms with Crippen LogP contribution < -0.4 is 5.32 Å². The van der Waals surface area contributed by atoms with Crippen LogP contribution in [-0.4, -0.2) is 26.8 Å². The topological polar surface area (TPSA) is 84.2 Å². The Morgan fingerprint density at radius 2 is 2.10 bits per heavy atom. The van der Waals surface area contributed by atoms with Crippen LogP contribution in [-0.2, 0) is 4.79 Å². The molecule has 0 spiro atoms. The second-order valence-electron chi connectivity index (χ2n) is 4.61. The number of hydrogen-bond acceptors (Lipinski definition) is 3. The smallest absolute Gasteiger partial charge is 0.328 e. The molecule has 1 unspecified atom stereocenters. The maximum atomic E-state index is 13.4. The summed E-state index contributed by atoms with van der Waals surface area (Å²) in [4.78, 5) is 22.8. The first-order valence-electron chi connectivity index (χ1n) is 6.24. The van der Waals surface area contributed by atoms with Crippen molar-refractivity contribution in [3.8, 4) is 0 Å². The number of carboxylic acid groups (broad SMARTS) is 1. The van der Waals surface area contributed by atoms with Crippen molar-refractivity contribution < 1.29 is 19.1 Å². The molecular formula is C14H14FN3O3. The van der Waals surface area contributed by atoms with Crippen LogP contribution in [0.3, 0.4) is 0 Å². The van der Waals surface area contributed by atoms with Crippen LogP contribution in [0.5, 0.6) is 0 Å². The summed E-state index contributed by atoms with van der Waals surface area (Å²) in [5.41, 5.74) is 0.848. The van der Waals surface area contributed by atoms with E-state index in [1.165, 1.54) is 29.9 Å². The molecule has 2 N–H and O–H groups in total. The number of carbonyl (C=O) groups excluding carboxylic acids is 1. The van der Waals surface area contributed by atoms with Gasteiger partial charge in [0.05, 0.1) is 0 Å². The van der Waals surface area contributed by atoms with Crippen LogP contribution >= 0.6 is 0 Å². The van der Waals surface area contributed by atoms with E-state index in [2.05, 4.69) is 10.4 Å². The first-order valence-corrected chi connectivity index (χ1v) is 6.24. The quantitative estimate of drug-likeness (QED) is 0.904. The molecule has 0 aliphatic heterocycles. The molecule has 0 radical (unpaired) electrons. The number of amides is 1.